The molecule has 11 heteroatoms. The Morgan fingerprint density at radius 3 is 2.48 bits per heavy atom. The molecule has 9 nitrogen and oxygen atoms in total. The molecule has 33 heavy (non-hydrogen) atoms. The molecule has 4 rings (SSSR count). The molecule has 2 aromatic carbocycles. The summed E-state index contributed by atoms with van der Waals surface area (Å²) in [6, 6.07) is 4.86. The van der Waals surface area contributed by atoms with Gasteiger partial charge in [0.05, 0.1) is 44.0 Å². The third-order valence-electron chi connectivity index (χ3n) is 5.66. The molecule has 0 spiro atoms. The highest BCUT2D eigenvalue weighted by Crippen LogP contribution is 2.37. The lowest BCUT2D eigenvalue weighted by Crippen LogP contribution is -2.43. The fourth-order valence-electron chi connectivity index (χ4n) is 3.81. The number of fused-ring (bicyclic) bond motifs is 1. The van der Waals surface area contributed by atoms with Crippen molar-refractivity contribution in [3.63, 3.8) is 0 Å². The normalized spacial score (nSPS) is 14.1. The Bertz CT molecular complexity index is 1360. The maximum Gasteiger partial charge on any atom is 0.261 e. The van der Waals surface area contributed by atoms with Gasteiger partial charge in [0, 0.05) is 17.7 Å². The summed E-state index contributed by atoms with van der Waals surface area (Å²) in [7, 11) is 2.91. The number of aromatic nitrogens is 5. The van der Waals surface area contributed by atoms with Crippen LogP contribution in [0.25, 0.3) is 10.9 Å². The van der Waals surface area contributed by atoms with Crippen LogP contribution in [0.1, 0.15) is 18.5 Å². The van der Waals surface area contributed by atoms with Crippen LogP contribution >= 0.6 is 0 Å². The van der Waals surface area contributed by atoms with E-state index >= 15 is 0 Å². The van der Waals surface area contributed by atoms with Gasteiger partial charge >= 0.3 is 0 Å². The van der Waals surface area contributed by atoms with Crippen LogP contribution in [0, 0.1) is 11.6 Å². The summed E-state index contributed by atoms with van der Waals surface area (Å²) in [5.74, 6) is -1.02. The van der Waals surface area contributed by atoms with Crippen molar-refractivity contribution in [3.8, 4) is 11.5 Å². The van der Waals surface area contributed by atoms with Gasteiger partial charge in [0.1, 0.15) is 29.9 Å². The average molecular weight is 457 g/mol. The molecule has 4 aromatic rings. The van der Waals surface area contributed by atoms with E-state index in [1.165, 1.54) is 55.4 Å². The highest BCUT2D eigenvalue weighted by molar-refractivity contribution is 5.81. The van der Waals surface area contributed by atoms with Crippen LogP contribution in [0.15, 0.2) is 54.1 Å². The van der Waals surface area contributed by atoms with E-state index in [-0.39, 0.29) is 17.5 Å². The van der Waals surface area contributed by atoms with Crippen LogP contribution in [0.5, 0.6) is 11.5 Å². The zero-order chi connectivity index (χ0) is 23.8. The number of rotatable bonds is 7. The first kappa shape index (κ1) is 22.3. The van der Waals surface area contributed by atoms with Crippen molar-refractivity contribution < 1.29 is 23.4 Å². The number of hydrogen-bond acceptors (Lipinski definition) is 7. The molecule has 0 aliphatic carbocycles. The van der Waals surface area contributed by atoms with Crippen molar-refractivity contribution >= 4 is 10.9 Å². The van der Waals surface area contributed by atoms with Gasteiger partial charge in [-0.05, 0) is 19.1 Å². The predicted molar refractivity (Wildman–Crippen MR) is 114 cm³/mol. The summed E-state index contributed by atoms with van der Waals surface area (Å²) >= 11 is 0. The first-order valence-electron chi connectivity index (χ1n) is 9.91. The minimum atomic E-state index is -2.01. The zero-order valence-corrected chi connectivity index (χ0v) is 18.1. The summed E-state index contributed by atoms with van der Waals surface area (Å²) in [6.45, 7) is 1.28. The van der Waals surface area contributed by atoms with Crippen LogP contribution < -0.4 is 15.0 Å². The lowest BCUT2D eigenvalue weighted by molar-refractivity contribution is -0.0343. The number of ether oxygens (including phenoxy) is 2. The molecule has 0 unspecified atom stereocenters. The number of hydrogen-bond donors (Lipinski definition) is 1. The summed E-state index contributed by atoms with van der Waals surface area (Å²) in [4.78, 5) is 21.5. The highest BCUT2D eigenvalue weighted by atomic mass is 19.1. The van der Waals surface area contributed by atoms with Gasteiger partial charge in [0.25, 0.3) is 5.56 Å². The van der Waals surface area contributed by atoms with Crippen molar-refractivity contribution in [2.24, 2.45) is 0 Å². The van der Waals surface area contributed by atoms with Gasteiger partial charge in [0.15, 0.2) is 11.5 Å². The average Bonchev–Trinajstić information content (AvgIpc) is 3.30. The molecular weight excluding hydrogens is 436 g/mol. The monoisotopic (exact) mass is 457 g/mol. The topological polar surface area (TPSA) is 104 Å². The standard InChI is InChI=1S/C22H21F2N5O4/c1-13(29-12-26-18-8-20(33-3)19(32-2)7-15(18)21(29)30)22(31,9-28-11-25-10-27-28)16-5-4-14(23)6-17(16)24/h4-8,10-13,31H,9H2,1-3H3/t13-,22-/m1/s1. The van der Waals surface area contributed by atoms with E-state index in [9.17, 15) is 18.7 Å². The second-order valence-corrected chi connectivity index (χ2v) is 7.50. The lowest BCUT2D eigenvalue weighted by Gasteiger charge is -2.35. The van der Waals surface area contributed by atoms with E-state index in [1.807, 2.05) is 0 Å². The number of halogens is 2. The van der Waals surface area contributed by atoms with Crippen LogP contribution in [-0.4, -0.2) is 43.6 Å². The second kappa shape index (κ2) is 8.58. The Labute approximate surface area is 186 Å². The maximum atomic E-state index is 14.8. The first-order chi connectivity index (χ1) is 15.8. The lowest BCUT2D eigenvalue weighted by atomic mass is 9.86. The van der Waals surface area contributed by atoms with Gasteiger partial charge in [0.2, 0.25) is 0 Å². The Kier molecular flexibility index (Phi) is 5.81. The summed E-state index contributed by atoms with van der Waals surface area (Å²) < 4.78 is 41.4. The molecule has 0 saturated carbocycles. The van der Waals surface area contributed by atoms with Gasteiger partial charge in [-0.3, -0.25) is 9.36 Å². The highest BCUT2D eigenvalue weighted by Gasteiger charge is 2.41. The van der Waals surface area contributed by atoms with Crippen molar-refractivity contribution in [3.05, 3.63) is 76.9 Å². The smallest absolute Gasteiger partial charge is 0.261 e. The van der Waals surface area contributed by atoms with E-state index in [1.54, 1.807) is 6.07 Å². The van der Waals surface area contributed by atoms with E-state index < -0.39 is 28.8 Å². The minimum absolute atomic E-state index is 0.203. The second-order valence-electron chi connectivity index (χ2n) is 7.50. The van der Waals surface area contributed by atoms with Crippen LogP contribution in [0.2, 0.25) is 0 Å². The number of benzene rings is 2. The molecule has 2 atom stereocenters. The molecule has 0 aliphatic heterocycles. The largest absolute Gasteiger partial charge is 0.493 e. The predicted octanol–water partition coefficient (Wildman–Crippen LogP) is 2.43. The third-order valence-corrected chi connectivity index (χ3v) is 5.66. The molecule has 2 heterocycles. The van der Waals surface area contributed by atoms with Crippen molar-refractivity contribution in [1.29, 1.82) is 0 Å². The molecule has 0 radical (unpaired) electrons. The van der Waals surface area contributed by atoms with Crippen molar-refractivity contribution in [1.82, 2.24) is 24.3 Å². The SMILES string of the molecule is COc1cc2ncn([C@H](C)[C@](O)(Cn3cncn3)c3ccc(F)cc3F)c(=O)c2cc1OC. The molecule has 0 saturated heterocycles. The Morgan fingerprint density at radius 2 is 1.85 bits per heavy atom. The molecular formula is C22H21F2N5O4. The summed E-state index contributed by atoms with van der Waals surface area (Å²) in [6.07, 6.45) is 3.86. The van der Waals surface area contributed by atoms with E-state index in [4.69, 9.17) is 9.47 Å². The van der Waals surface area contributed by atoms with Gasteiger partial charge < -0.3 is 14.6 Å². The molecule has 1 N–H and O–H groups in total. The Hall–Kier alpha value is -3.86. The Balaban J connectivity index is 1.89. The number of methoxy groups -OCH3 is 2. The van der Waals surface area contributed by atoms with Gasteiger partial charge in [-0.15, -0.1) is 0 Å². The van der Waals surface area contributed by atoms with Crippen LogP contribution in [0.4, 0.5) is 8.78 Å². The van der Waals surface area contributed by atoms with Gasteiger partial charge in [-0.1, -0.05) is 6.07 Å². The minimum Gasteiger partial charge on any atom is -0.493 e. The van der Waals surface area contributed by atoms with E-state index in [0.29, 0.717) is 23.1 Å². The number of nitrogens with zero attached hydrogens (tertiary/aromatic N) is 5. The molecule has 172 valence electrons. The summed E-state index contributed by atoms with van der Waals surface area (Å²) in [5.41, 5.74) is -2.35. The first-order valence-corrected chi connectivity index (χ1v) is 9.91. The van der Waals surface area contributed by atoms with Crippen molar-refractivity contribution in [2.75, 3.05) is 14.2 Å². The van der Waals surface area contributed by atoms with Crippen LogP contribution in [0.3, 0.4) is 0 Å². The van der Waals surface area contributed by atoms with Gasteiger partial charge in [-0.2, -0.15) is 5.10 Å². The molecule has 2 aromatic heterocycles. The summed E-state index contributed by atoms with van der Waals surface area (Å²) in [5, 5.41) is 15.9. The molecule has 0 aliphatic rings. The maximum absolute atomic E-state index is 14.8. The van der Waals surface area contributed by atoms with E-state index in [2.05, 4.69) is 15.1 Å². The van der Waals surface area contributed by atoms with Crippen LogP contribution in [-0.2, 0) is 12.1 Å². The van der Waals surface area contributed by atoms with E-state index in [0.717, 1.165) is 12.1 Å². The van der Waals surface area contributed by atoms with Crippen molar-refractivity contribution in [2.45, 2.75) is 25.1 Å². The number of aliphatic hydroxyl groups is 1. The quantitative estimate of drug-likeness (QED) is 0.455. The molecule has 0 amide bonds. The fraction of sp³-hybridized carbons (Fsp3) is 0.273. The molecule has 0 fully saturated rings. The Morgan fingerprint density at radius 1 is 1.12 bits per heavy atom. The van der Waals surface area contributed by atoms with Gasteiger partial charge in [-0.25, -0.2) is 23.4 Å². The fourth-order valence-corrected chi connectivity index (χ4v) is 3.81. The zero-order valence-electron chi connectivity index (χ0n) is 18.1. The molecule has 0 bridgehead atoms. The third kappa shape index (κ3) is 3.91.